The third kappa shape index (κ3) is 8.77. The Morgan fingerprint density at radius 2 is 1.68 bits per heavy atom. The highest BCUT2D eigenvalue weighted by molar-refractivity contribution is 9.10. The zero-order chi connectivity index (χ0) is 25.0. The maximum absolute atomic E-state index is 12.7. The number of fused-ring (bicyclic) bond motifs is 1. The average Bonchev–Trinajstić information content (AvgIpc) is 2.80. The van der Waals surface area contributed by atoms with Crippen molar-refractivity contribution in [1.29, 1.82) is 0 Å². The number of para-hydroxylation sites is 1. The molecule has 0 bridgehead atoms. The van der Waals surface area contributed by atoms with Gasteiger partial charge in [-0.1, -0.05) is 34.1 Å². The monoisotopic (exact) mass is 623 g/mol. The minimum atomic E-state index is -4.71. The Labute approximate surface area is 235 Å². The zero-order valence-corrected chi connectivity index (χ0v) is 23.7. The van der Waals surface area contributed by atoms with Gasteiger partial charge >= 0.3 is 6.36 Å². The van der Waals surface area contributed by atoms with Gasteiger partial charge in [-0.15, -0.1) is 38.0 Å². The first-order valence-electron chi connectivity index (χ1n) is 11.7. The summed E-state index contributed by atoms with van der Waals surface area (Å²) in [6.07, 6.45) is -0.390. The number of alkyl halides is 3. The van der Waals surface area contributed by atoms with Crippen molar-refractivity contribution in [3.05, 3.63) is 52.5 Å². The molecule has 0 saturated heterocycles. The molecule has 4 rings (SSSR count). The summed E-state index contributed by atoms with van der Waals surface area (Å²) >= 11 is 3.21. The molecule has 1 saturated carbocycles. The summed E-state index contributed by atoms with van der Waals surface area (Å²) in [5.74, 6) is 1.36. The predicted octanol–water partition coefficient (Wildman–Crippen LogP) is 6.76. The van der Waals surface area contributed by atoms with E-state index < -0.39 is 6.36 Å². The van der Waals surface area contributed by atoms with Crippen LogP contribution in [-0.4, -0.2) is 49.1 Å². The largest absolute Gasteiger partial charge is 0.573 e. The predicted molar refractivity (Wildman–Crippen MR) is 151 cm³/mol. The van der Waals surface area contributed by atoms with Crippen LogP contribution in [0.2, 0.25) is 0 Å². The summed E-state index contributed by atoms with van der Waals surface area (Å²) in [4.78, 5) is 11.4. The molecule has 6 nitrogen and oxygen atoms in total. The first-order chi connectivity index (χ1) is 16.7. The van der Waals surface area contributed by atoms with Gasteiger partial charge in [0.2, 0.25) is 5.95 Å². The maximum atomic E-state index is 12.7. The molecule has 1 aliphatic rings. The fourth-order valence-electron chi connectivity index (χ4n) is 4.46. The number of hydrogen-bond acceptors (Lipinski definition) is 6. The standard InChI is InChI=1S/C25H29BrF3N5O.2ClH/c1-34(2)23-20-5-3-4-6-21(20)32-24(33-23)31-19-11-9-18(10-12-19)30-14-13-16-7-8-17(26)15-22(16)35-25(27,28)29;;/h3-8,15,18-19,30H,9-14H2,1-2H3,(H,31,32,33);2*1H. The van der Waals surface area contributed by atoms with Crippen molar-refractivity contribution in [2.24, 2.45) is 0 Å². The highest BCUT2D eigenvalue weighted by Crippen LogP contribution is 2.30. The van der Waals surface area contributed by atoms with Crippen LogP contribution in [0, 0.1) is 0 Å². The van der Waals surface area contributed by atoms with Gasteiger partial charge < -0.3 is 20.3 Å². The Hall–Kier alpha value is -2.01. The molecule has 37 heavy (non-hydrogen) atoms. The van der Waals surface area contributed by atoms with E-state index in [-0.39, 0.29) is 36.6 Å². The summed E-state index contributed by atoms with van der Waals surface area (Å²) in [7, 11) is 3.95. The summed E-state index contributed by atoms with van der Waals surface area (Å²) in [5, 5.41) is 8.01. The number of benzene rings is 2. The Morgan fingerprint density at radius 3 is 2.35 bits per heavy atom. The van der Waals surface area contributed by atoms with Crippen molar-refractivity contribution in [3.8, 4) is 5.75 Å². The molecule has 1 aromatic heterocycles. The summed E-state index contributed by atoms with van der Waals surface area (Å²) in [6, 6.07) is 13.3. The van der Waals surface area contributed by atoms with E-state index in [0.717, 1.165) is 42.4 Å². The molecule has 0 aliphatic heterocycles. The lowest BCUT2D eigenvalue weighted by molar-refractivity contribution is -0.274. The molecule has 0 amide bonds. The average molecular weight is 625 g/mol. The summed E-state index contributed by atoms with van der Waals surface area (Å²) in [5.41, 5.74) is 1.43. The number of nitrogens with zero attached hydrogens (tertiary/aromatic N) is 3. The number of ether oxygens (including phenoxy) is 1. The van der Waals surface area contributed by atoms with Gasteiger partial charge in [0.1, 0.15) is 11.6 Å². The van der Waals surface area contributed by atoms with Gasteiger partial charge in [0.15, 0.2) is 0 Å². The van der Waals surface area contributed by atoms with Crippen LogP contribution < -0.4 is 20.3 Å². The van der Waals surface area contributed by atoms with Gasteiger partial charge in [0.25, 0.3) is 0 Å². The van der Waals surface area contributed by atoms with Crippen LogP contribution in [0.25, 0.3) is 10.9 Å². The van der Waals surface area contributed by atoms with Crippen molar-refractivity contribution in [2.45, 2.75) is 50.6 Å². The van der Waals surface area contributed by atoms with Gasteiger partial charge in [-0.05, 0) is 68.5 Å². The number of hydrogen-bond donors (Lipinski definition) is 2. The molecule has 2 aromatic carbocycles. The fraction of sp³-hybridized carbons (Fsp3) is 0.440. The van der Waals surface area contributed by atoms with E-state index in [0.29, 0.717) is 35.0 Å². The second kappa shape index (κ2) is 13.7. The number of anilines is 2. The van der Waals surface area contributed by atoms with Crippen molar-refractivity contribution in [2.75, 3.05) is 30.9 Å². The summed E-state index contributed by atoms with van der Waals surface area (Å²) in [6.45, 7) is 0.582. The smallest absolute Gasteiger partial charge is 0.405 e. The lowest BCUT2D eigenvalue weighted by atomic mass is 9.91. The lowest BCUT2D eigenvalue weighted by Crippen LogP contribution is -2.38. The molecular weight excluding hydrogens is 594 g/mol. The van der Waals surface area contributed by atoms with E-state index in [1.807, 2.05) is 43.3 Å². The number of rotatable bonds is 8. The van der Waals surface area contributed by atoms with Gasteiger partial charge in [-0.3, -0.25) is 0 Å². The van der Waals surface area contributed by atoms with Gasteiger partial charge in [0.05, 0.1) is 5.52 Å². The molecule has 12 heteroatoms. The quantitative estimate of drug-likeness (QED) is 0.289. The Morgan fingerprint density at radius 1 is 1.00 bits per heavy atom. The van der Waals surface area contributed by atoms with Gasteiger partial charge in [0, 0.05) is 36.0 Å². The molecule has 0 unspecified atom stereocenters. The molecule has 0 spiro atoms. The molecule has 3 aromatic rings. The van der Waals surface area contributed by atoms with Gasteiger partial charge in [-0.2, -0.15) is 4.98 Å². The topological polar surface area (TPSA) is 62.3 Å². The zero-order valence-electron chi connectivity index (χ0n) is 20.5. The van der Waals surface area contributed by atoms with Crippen LogP contribution in [0.1, 0.15) is 31.2 Å². The van der Waals surface area contributed by atoms with E-state index in [9.17, 15) is 13.2 Å². The Kier molecular flexibility index (Phi) is 11.5. The van der Waals surface area contributed by atoms with Crippen LogP contribution in [-0.2, 0) is 6.42 Å². The van der Waals surface area contributed by atoms with Crippen molar-refractivity contribution in [1.82, 2.24) is 15.3 Å². The maximum Gasteiger partial charge on any atom is 0.573 e. The molecule has 1 aliphatic carbocycles. The van der Waals surface area contributed by atoms with Crippen molar-refractivity contribution < 1.29 is 17.9 Å². The third-order valence-corrected chi connectivity index (χ3v) is 6.64. The first kappa shape index (κ1) is 31.2. The number of halogens is 6. The highest BCUT2D eigenvalue weighted by Gasteiger charge is 2.32. The molecule has 0 atom stereocenters. The second-order valence-electron chi connectivity index (χ2n) is 8.98. The van der Waals surface area contributed by atoms with Crippen LogP contribution >= 0.6 is 40.7 Å². The Bertz CT molecular complexity index is 1160. The molecule has 204 valence electrons. The first-order valence-corrected chi connectivity index (χ1v) is 12.5. The van der Waals surface area contributed by atoms with Crippen molar-refractivity contribution in [3.63, 3.8) is 0 Å². The van der Waals surface area contributed by atoms with Gasteiger partial charge in [-0.25, -0.2) is 4.98 Å². The molecule has 2 N–H and O–H groups in total. The fourth-order valence-corrected chi connectivity index (χ4v) is 4.80. The van der Waals surface area contributed by atoms with E-state index in [1.54, 1.807) is 12.1 Å². The number of nitrogens with one attached hydrogen (secondary N) is 2. The summed E-state index contributed by atoms with van der Waals surface area (Å²) < 4.78 is 42.9. The molecular formula is C25H31BrCl2F3N5O. The minimum absolute atomic E-state index is 0. The number of aromatic nitrogens is 2. The SMILES string of the molecule is CN(C)c1nc(NC2CCC(NCCc3ccc(Br)cc3OC(F)(F)F)CC2)nc2ccccc12.Cl.Cl. The third-order valence-electron chi connectivity index (χ3n) is 6.15. The lowest BCUT2D eigenvalue weighted by Gasteiger charge is -2.30. The van der Waals surface area contributed by atoms with Crippen LogP contribution in [0.5, 0.6) is 5.75 Å². The van der Waals surface area contributed by atoms with Crippen LogP contribution in [0.4, 0.5) is 24.9 Å². The minimum Gasteiger partial charge on any atom is -0.405 e. The molecule has 1 heterocycles. The van der Waals surface area contributed by atoms with E-state index in [2.05, 4.69) is 31.3 Å². The van der Waals surface area contributed by atoms with E-state index in [1.165, 1.54) is 6.07 Å². The normalized spacial score (nSPS) is 17.5. The Balaban J connectivity index is 0.00000241. The molecule has 1 fully saturated rings. The van der Waals surface area contributed by atoms with E-state index in [4.69, 9.17) is 9.97 Å². The van der Waals surface area contributed by atoms with Crippen LogP contribution in [0.3, 0.4) is 0 Å². The molecule has 0 radical (unpaired) electrons. The van der Waals surface area contributed by atoms with E-state index >= 15 is 0 Å². The second-order valence-corrected chi connectivity index (χ2v) is 9.89. The van der Waals surface area contributed by atoms with Crippen LogP contribution in [0.15, 0.2) is 46.9 Å². The highest BCUT2D eigenvalue weighted by atomic mass is 79.9. The van der Waals surface area contributed by atoms with Crippen molar-refractivity contribution >= 4 is 63.4 Å².